The number of ether oxygens (including phenoxy) is 3. The molecule has 1 saturated carbocycles. The van der Waals surface area contributed by atoms with Gasteiger partial charge in [0.2, 0.25) is 0 Å². The van der Waals surface area contributed by atoms with E-state index in [-0.39, 0.29) is 24.3 Å². The van der Waals surface area contributed by atoms with E-state index in [0.29, 0.717) is 25.9 Å². The molecule has 1 aliphatic rings. The van der Waals surface area contributed by atoms with Crippen LogP contribution in [0.3, 0.4) is 0 Å². The molecule has 7 heteroatoms. The first-order chi connectivity index (χ1) is 17.0. The van der Waals surface area contributed by atoms with E-state index in [0.717, 1.165) is 35.7 Å². The molecular weight excluding hydrogens is 524 g/mol. The monoisotopic (exact) mass is 564 g/mol. The van der Waals surface area contributed by atoms with Crippen LogP contribution in [-0.2, 0) is 35.2 Å². The quantitative estimate of drug-likeness (QED) is 0.144. The lowest BCUT2D eigenvalue weighted by atomic mass is 9.81. The molecule has 6 nitrogen and oxygen atoms in total. The first-order valence-corrected chi connectivity index (χ1v) is 13.6. The van der Waals surface area contributed by atoms with Gasteiger partial charge >= 0.3 is 11.9 Å². The summed E-state index contributed by atoms with van der Waals surface area (Å²) in [5, 5.41) is 0. The van der Waals surface area contributed by atoms with Crippen LogP contribution in [0.1, 0.15) is 77.7 Å². The largest absolute Gasteiger partial charge is 0.469 e. The standard InChI is InChI=1S/C29H41BrO6/c1-6-7-8-9-10-11-21(16-26(31)36-29(2,3)4)27(32)24-17-23(18-25(24)28(33)34-5)35-19-20-12-14-22(30)15-13-20/h6,12-15,21,23-25H,1,7-11,16-19H2,2-5H3/t21-,23-,24?,25-/m1/s1. The van der Waals surface area contributed by atoms with E-state index in [1.54, 1.807) is 0 Å². The average molecular weight is 566 g/mol. The van der Waals surface area contributed by atoms with Gasteiger partial charge in [0.25, 0.3) is 0 Å². The number of carbonyl (C=O) groups excluding carboxylic acids is 3. The zero-order valence-corrected chi connectivity index (χ0v) is 23.7. The van der Waals surface area contributed by atoms with Crippen LogP contribution in [0.2, 0.25) is 0 Å². The summed E-state index contributed by atoms with van der Waals surface area (Å²) in [4.78, 5) is 39.0. The van der Waals surface area contributed by atoms with Crippen LogP contribution in [-0.4, -0.2) is 36.5 Å². The maximum absolute atomic E-state index is 13.8. The predicted molar refractivity (Wildman–Crippen MR) is 143 cm³/mol. The van der Waals surface area contributed by atoms with Crippen LogP contribution in [0.15, 0.2) is 41.4 Å². The Hall–Kier alpha value is -1.99. The molecule has 0 bridgehead atoms. The number of Topliss-reactive ketones (excluding diaryl/α,β-unsaturated/α-hetero) is 1. The molecule has 0 amide bonds. The van der Waals surface area contributed by atoms with Crippen LogP contribution in [0, 0.1) is 17.8 Å². The van der Waals surface area contributed by atoms with Crippen molar-refractivity contribution in [1.29, 1.82) is 0 Å². The van der Waals surface area contributed by atoms with Crippen molar-refractivity contribution in [2.24, 2.45) is 17.8 Å². The molecule has 0 spiro atoms. The Morgan fingerprint density at radius 2 is 1.75 bits per heavy atom. The summed E-state index contributed by atoms with van der Waals surface area (Å²) in [6.07, 6.45) is 6.83. The normalized spacial score (nSPS) is 20.5. The summed E-state index contributed by atoms with van der Waals surface area (Å²) in [5.41, 5.74) is 0.396. The minimum Gasteiger partial charge on any atom is -0.469 e. The lowest BCUT2D eigenvalue weighted by molar-refractivity contribution is -0.158. The number of hydrogen-bond acceptors (Lipinski definition) is 6. The minimum atomic E-state index is -0.623. The molecule has 0 saturated heterocycles. The fourth-order valence-electron chi connectivity index (χ4n) is 4.74. The number of ketones is 1. The molecule has 36 heavy (non-hydrogen) atoms. The lowest BCUT2D eigenvalue weighted by Crippen LogP contribution is -2.33. The number of benzene rings is 1. The number of allylic oxidation sites excluding steroid dienone is 1. The molecule has 1 unspecified atom stereocenters. The Balaban J connectivity index is 2.11. The summed E-state index contributed by atoms with van der Waals surface area (Å²) in [7, 11) is 1.34. The van der Waals surface area contributed by atoms with E-state index in [9.17, 15) is 14.4 Å². The van der Waals surface area contributed by atoms with Gasteiger partial charge in [0, 0.05) is 16.3 Å². The van der Waals surface area contributed by atoms with Gasteiger partial charge in [-0.1, -0.05) is 47.0 Å². The van der Waals surface area contributed by atoms with Crippen LogP contribution in [0.5, 0.6) is 0 Å². The Morgan fingerprint density at radius 3 is 2.36 bits per heavy atom. The van der Waals surface area contributed by atoms with Crippen molar-refractivity contribution < 1.29 is 28.6 Å². The fourth-order valence-corrected chi connectivity index (χ4v) is 5.00. The average Bonchev–Trinajstić information content (AvgIpc) is 3.25. The minimum absolute atomic E-state index is 0.0202. The number of carbonyl (C=O) groups is 3. The Bertz CT molecular complexity index is 873. The molecular formula is C29H41BrO6. The van der Waals surface area contributed by atoms with Gasteiger partial charge in [-0.05, 0) is 70.6 Å². The van der Waals surface area contributed by atoms with Gasteiger partial charge in [-0.15, -0.1) is 6.58 Å². The maximum Gasteiger partial charge on any atom is 0.309 e. The van der Waals surface area contributed by atoms with Gasteiger partial charge in [0.15, 0.2) is 0 Å². The highest BCUT2D eigenvalue weighted by Gasteiger charge is 2.45. The van der Waals surface area contributed by atoms with Crippen LogP contribution >= 0.6 is 15.9 Å². The predicted octanol–water partition coefficient (Wildman–Crippen LogP) is 6.59. The van der Waals surface area contributed by atoms with E-state index in [4.69, 9.17) is 14.2 Å². The molecule has 1 fully saturated rings. The second-order valence-electron chi connectivity index (χ2n) is 10.6. The number of unbranched alkanes of at least 4 members (excludes halogenated alkanes) is 3. The van der Waals surface area contributed by atoms with E-state index < -0.39 is 29.3 Å². The van der Waals surface area contributed by atoms with Crippen molar-refractivity contribution in [1.82, 2.24) is 0 Å². The number of rotatable bonds is 14. The second-order valence-corrected chi connectivity index (χ2v) is 11.5. The van der Waals surface area contributed by atoms with Gasteiger partial charge in [-0.2, -0.15) is 0 Å². The van der Waals surface area contributed by atoms with E-state index in [1.165, 1.54) is 7.11 Å². The Morgan fingerprint density at radius 1 is 1.08 bits per heavy atom. The third-order valence-electron chi connectivity index (χ3n) is 6.48. The molecule has 1 aromatic rings. The molecule has 0 aliphatic heterocycles. The van der Waals surface area contributed by atoms with Crippen molar-refractivity contribution in [3.8, 4) is 0 Å². The van der Waals surface area contributed by atoms with Crippen LogP contribution in [0.4, 0.5) is 0 Å². The highest BCUT2D eigenvalue weighted by atomic mass is 79.9. The van der Waals surface area contributed by atoms with E-state index in [2.05, 4.69) is 22.5 Å². The van der Waals surface area contributed by atoms with Crippen LogP contribution < -0.4 is 0 Å². The summed E-state index contributed by atoms with van der Waals surface area (Å²) in [6.45, 7) is 9.60. The summed E-state index contributed by atoms with van der Waals surface area (Å²) in [5.74, 6) is -2.44. The third kappa shape index (κ3) is 10.2. The molecule has 4 atom stereocenters. The molecule has 1 aliphatic carbocycles. The lowest BCUT2D eigenvalue weighted by Gasteiger charge is -2.25. The molecule has 2 rings (SSSR count). The van der Waals surface area contributed by atoms with Crippen molar-refractivity contribution in [2.75, 3.05) is 7.11 Å². The van der Waals surface area contributed by atoms with Gasteiger partial charge in [-0.3, -0.25) is 14.4 Å². The Labute approximate surface area is 224 Å². The molecule has 200 valence electrons. The van der Waals surface area contributed by atoms with Crippen molar-refractivity contribution in [3.05, 3.63) is 47.0 Å². The first kappa shape index (κ1) is 30.2. The third-order valence-corrected chi connectivity index (χ3v) is 7.01. The number of hydrogen-bond donors (Lipinski definition) is 0. The smallest absolute Gasteiger partial charge is 0.309 e. The van der Waals surface area contributed by atoms with E-state index >= 15 is 0 Å². The number of methoxy groups -OCH3 is 1. The molecule has 0 N–H and O–H groups in total. The van der Waals surface area contributed by atoms with Crippen molar-refractivity contribution >= 4 is 33.7 Å². The zero-order valence-electron chi connectivity index (χ0n) is 22.1. The summed E-state index contributed by atoms with van der Waals surface area (Å²) >= 11 is 3.43. The number of esters is 2. The van der Waals surface area contributed by atoms with Crippen LogP contribution in [0.25, 0.3) is 0 Å². The van der Waals surface area contributed by atoms with Gasteiger partial charge < -0.3 is 14.2 Å². The SMILES string of the molecule is C=CCCCCC[C@H](CC(=O)OC(C)(C)C)C(=O)C1C[C@@H](OCc2ccc(Br)cc2)C[C@H]1C(=O)OC. The highest BCUT2D eigenvalue weighted by molar-refractivity contribution is 9.10. The van der Waals surface area contributed by atoms with E-state index in [1.807, 2.05) is 51.1 Å². The van der Waals surface area contributed by atoms with Gasteiger partial charge in [0.05, 0.1) is 32.2 Å². The highest BCUT2D eigenvalue weighted by Crippen LogP contribution is 2.39. The van der Waals surface area contributed by atoms with Gasteiger partial charge in [0.1, 0.15) is 11.4 Å². The summed E-state index contributed by atoms with van der Waals surface area (Å²) < 4.78 is 17.7. The summed E-state index contributed by atoms with van der Waals surface area (Å²) in [6, 6.07) is 7.85. The fraction of sp³-hybridized carbons (Fsp3) is 0.621. The molecule has 0 aromatic heterocycles. The maximum atomic E-state index is 13.8. The van der Waals surface area contributed by atoms with Crippen molar-refractivity contribution in [3.63, 3.8) is 0 Å². The van der Waals surface area contributed by atoms with Gasteiger partial charge in [-0.25, -0.2) is 0 Å². The molecule has 0 heterocycles. The second kappa shape index (κ2) is 14.7. The zero-order chi connectivity index (χ0) is 26.7. The molecule has 1 aromatic carbocycles. The first-order valence-electron chi connectivity index (χ1n) is 12.8. The molecule has 0 radical (unpaired) electrons. The topological polar surface area (TPSA) is 78.9 Å². The van der Waals surface area contributed by atoms with Crippen molar-refractivity contribution in [2.45, 2.75) is 90.4 Å². The Kier molecular flexibility index (Phi) is 12.3. The number of halogens is 1.